The van der Waals surface area contributed by atoms with Crippen LogP contribution in [0.15, 0.2) is 18.2 Å². The van der Waals surface area contributed by atoms with Crippen LogP contribution in [0, 0.1) is 17.2 Å². The third-order valence-corrected chi connectivity index (χ3v) is 2.51. The third-order valence-electron chi connectivity index (χ3n) is 2.51. The van der Waals surface area contributed by atoms with Crippen LogP contribution in [-0.4, -0.2) is 17.8 Å². The Kier molecular flexibility index (Phi) is 4.15. The first-order valence-electron chi connectivity index (χ1n) is 5.25. The standard InChI is InChI=1S/C12H17N3O/c1-8(2)12(7-16)15-11-4-3-10(14)5-9(11)6-13/h3-5,8,12,15-16H,7,14H2,1-2H3. The summed E-state index contributed by atoms with van der Waals surface area (Å²) in [6, 6.07) is 7.14. The Balaban J connectivity index is 2.92. The second-order valence-electron chi connectivity index (χ2n) is 4.09. The van der Waals surface area contributed by atoms with E-state index in [4.69, 9.17) is 11.0 Å². The molecule has 1 aromatic carbocycles. The van der Waals surface area contributed by atoms with Crippen LogP contribution in [0.5, 0.6) is 0 Å². The molecule has 86 valence electrons. The largest absolute Gasteiger partial charge is 0.399 e. The molecule has 0 bridgehead atoms. The van der Waals surface area contributed by atoms with Gasteiger partial charge in [-0.1, -0.05) is 13.8 Å². The van der Waals surface area contributed by atoms with E-state index < -0.39 is 0 Å². The number of rotatable bonds is 4. The van der Waals surface area contributed by atoms with Gasteiger partial charge in [-0.15, -0.1) is 0 Å². The van der Waals surface area contributed by atoms with Crippen molar-refractivity contribution in [2.24, 2.45) is 5.92 Å². The van der Waals surface area contributed by atoms with Crippen molar-refractivity contribution in [1.82, 2.24) is 0 Å². The molecule has 1 aromatic rings. The zero-order valence-electron chi connectivity index (χ0n) is 9.57. The van der Waals surface area contributed by atoms with Gasteiger partial charge in [0.25, 0.3) is 0 Å². The minimum atomic E-state index is -0.0595. The number of benzene rings is 1. The van der Waals surface area contributed by atoms with E-state index in [2.05, 4.69) is 11.4 Å². The number of hydrogen-bond donors (Lipinski definition) is 3. The van der Waals surface area contributed by atoms with E-state index in [9.17, 15) is 5.11 Å². The lowest BCUT2D eigenvalue weighted by atomic mass is 10.0. The molecule has 0 fully saturated rings. The summed E-state index contributed by atoms with van der Waals surface area (Å²) in [5.41, 5.74) is 7.37. The minimum Gasteiger partial charge on any atom is -0.399 e. The Labute approximate surface area is 95.7 Å². The molecule has 0 saturated heterocycles. The molecular formula is C12H17N3O. The number of hydrogen-bond acceptors (Lipinski definition) is 4. The number of nitrogens with two attached hydrogens (primary N) is 1. The molecule has 4 nitrogen and oxygen atoms in total. The molecule has 0 saturated carbocycles. The van der Waals surface area contributed by atoms with Crippen LogP contribution >= 0.6 is 0 Å². The van der Waals surface area contributed by atoms with Crippen LogP contribution in [0.2, 0.25) is 0 Å². The fraction of sp³-hybridized carbons (Fsp3) is 0.417. The highest BCUT2D eigenvalue weighted by Gasteiger charge is 2.13. The number of nitrogens with one attached hydrogen (secondary N) is 1. The first-order chi connectivity index (χ1) is 7.58. The van der Waals surface area contributed by atoms with Gasteiger partial charge in [0.15, 0.2) is 0 Å². The maximum Gasteiger partial charge on any atom is 0.101 e. The second kappa shape index (κ2) is 5.38. The van der Waals surface area contributed by atoms with Gasteiger partial charge in [-0.25, -0.2) is 0 Å². The van der Waals surface area contributed by atoms with Crippen molar-refractivity contribution in [1.29, 1.82) is 5.26 Å². The van der Waals surface area contributed by atoms with Gasteiger partial charge >= 0.3 is 0 Å². The van der Waals surface area contributed by atoms with Crippen LogP contribution in [0.25, 0.3) is 0 Å². The van der Waals surface area contributed by atoms with Crippen molar-refractivity contribution in [2.75, 3.05) is 17.7 Å². The van der Waals surface area contributed by atoms with Gasteiger partial charge in [-0.3, -0.25) is 0 Å². The number of aliphatic hydroxyl groups is 1. The summed E-state index contributed by atoms with van der Waals surface area (Å²) in [6.45, 7) is 4.06. The van der Waals surface area contributed by atoms with E-state index in [1.807, 2.05) is 13.8 Å². The number of anilines is 2. The van der Waals surface area contributed by atoms with E-state index in [0.29, 0.717) is 16.9 Å². The molecule has 4 N–H and O–H groups in total. The SMILES string of the molecule is CC(C)C(CO)Nc1ccc(N)cc1C#N. The smallest absolute Gasteiger partial charge is 0.101 e. The predicted molar refractivity (Wildman–Crippen MR) is 64.9 cm³/mol. The van der Waals surface area contributed by atoms with Gasteiger partial charge in [0.1, 0.15) is 6.07 Å². The maximum atomic E-state index is 9.21. The lowest BCUT2D eigenvalue weighted by molar-refractivity contribution is 0.249. The summed E-state index contributed by atoms with van der Waals surface area (Å²) in [7, 11) is 0. The Bertz CT molecular complexity index is 396. The molecule has 0 aliphatic heterocycles. The van der Waals surface area contributed by atoms with Crippen LogP contribution in [0.4, 0.5) is 11.4 Å². The van der Waals surface area contributed by atoms with Crippen molar-refractivity contribution in [3.05, 3.63) is 23.8 Å². The Morgan fingerprint density at radius 3 is 2.69 bits per heavy atom. The number of nitrogen functional groups attached to an aromatic ring is 1. The van der Waals surface area contributed by atoms with Crippen molar-refractivity contribution in [2.45, 2.75) is 19.9 Å². The molecule has 1 unspecified atom stereocenters. The molecule has 0 amide bonds. The second-order valence-corrected chi connectivity index (χ2v) is 4.09. The Hall–Kier alpha value is -1.73. The first kappa shape index (κ1) is 12.3. The van der Waals surface area contributed by atoms with Gasteiger partial charge in [0.05, 0.1) is 23.9 Å². The Morgan fingerprint density at radius 1 is 1.50 bits per heavy atom. The predicted octanol–water partition coefficient (Wildman–Crippen LogP) is 1.57. The van der Waals surface area contributed by atoms with E-state index in [0.717, 1.165) is 0 Å². The number of nitriles is 1. The van der Waals surface area contributed by atoms with Gasteiger partial charge in [0, 0.05) is 5.69 Å². The lowest BCUT2D eigenvalue weighted by Gasteiger charge is -2.21. The first-order valence-corrected chi connectivity index (χ1v) is 5.25. The summed E-state index contributed by atoms with van der Waals surface area (Å²) < 4.78 is 0. The zero-order chi connectivity index (χ0) is 12.1. The van der Waals surface area contributed by atoms with Crippen molar-refractivity contribution in [3.8, 4) is 6.07 Å². The summed E-state index contributed by atoms with van der Waals surface area (Å²) in [5, 5.41) is 21.3. The fourth-order valence-electron chi connectivity index (χ4n) is 1.40. The van der Waals surface area contributed by atoms with Crippen LogP contribution in [-0.2, 0) is 0 Å². The molecule has 0 radical (unpaired) electrons. The average molecular weight is 219 g/mol. The Morgan fingerprint density at radius 2 is 2.19 bits per heavy atom. The number of aliphatic hydroxyl groups excluding tert-OH is 1. The summed E-state index contributed by atoms with van der Waals surface area (Å²) in [5.74, 6) is 0.286. The topological polar surface area (TPSA) is 82.1 Å². The highest BCUT2D eigenvalue weighted by molar-refractivity contribution is 5.63. The molecule has 1 atom stereocenters. The van der Waals surface area contributed by atoms with Crippen LogP contribution in [0.1, 0.15) is 19.4 Å². The van der Waals surface area contributed by atoms with E-state index >= 15 is 0 Å². The number of nitrogens with zero attached hydrogens (tertiary/aromatic N) is 1. The van der Waals surface area contributed by atoms with Gasteiger partial charge < -0.3 is 16.2 Å². The maximum absolute atomic E-state index is 9.21. The van der Waals surface area contributed by atoms with Crippen molar-refractivity contribution >= 4 is 11.4 Å². The minimum absolute atomic E-state index is 0.0346. The van der Waals surface area contributed by atoms with Gasteiger partial charge in [-0.05, 0) is 24.1 Å². The molecular weight excluding hydrogens is 202 g/mol. The molecule has 0 spiro atoms. The quantitative estimate of drug-likeness (QED) is 0.671. The van der Waals surface area contributed by atoms with Crippen LogP contribution < -0.4 is 11.1 Å². The highest BCUT2D eigenvalue weighted by atomic mass is 16.3. The highest BCUT2D eigenvalue weighted by Crippen LogP contribution is 2.20. The molecule has 0 aliphatic rings. The van der Waals surface area contributed by atoms with Crippen molar-refractivity contribution in [3.63, 3.8) is 0 Å². The monoisotopic (exact) mass is 219 g/mol. The van der Waals surface area contributed by atoms with E-state index in [-0.39, 0.29) is 18.6 Å². The molecule has 0 heterocycles. The normalized spacial score (nSPS) is 12.2. The third kappa shape index (κ3) is 2.88. The molecule has 4 heteroatoms. The van der Waals surface area contributed by atoms with E-state index in [1.54, 1.807) is 18.2 Å². The zero-order valence-corrected chi connectivity index (χ0v) is 9.57. The summed E-state index contributed by atoms with van der Waals surface area (Å²) >= 11 is 0. The molecule has 16 heavy (non-hydrogen) atoms. The average Bonchev–Trinajstić information content (AvgIpc) is 2.26. The molecule has 0 aromatic heterocycles. The van der Waals surface area contributed by atoms with Gasteiger partial charge in [-0.2, -0.15) is 5.26 Å². The van der Waals surface area contributed by atoms with Crippen molar-refractivity contribution < 1.29 is 5.11 Å². The lowest BCUT2D eigenvalue weighted by Crippen LogP contribution is -2.29. The summed E-state index contributed by atoms with van der Waals surface area (Å²) in [4.78, 5) is 0. The van der Waals surface area contributed by atoms with E-state index in [1.165, 1.54) is 0 Å². The molecule has 0 aliphatic carbocycles. The fourth-order valence-corrected chi connectivity index (χ4v) is 1.40. The van der Waals surface area contributed by atoms with Crippen LogP contribution in [0.3, 0.4) is 0 Å². The summed E-state index contributed by atoms with van der Waals surface area (Å²) in [6.07, 6.45) is 0. The van der Waals surface area contributed by atoms with Gasteiger partial charge in [0.2, 0.25) is 0 Å². The molecule has 1 rings (SSSR count).